The van der Waals surface area contributed by atoms with Gasteiger partial charge in [0.25, 0.3) is 0 Å². The molecule has 0 spiro atoms. The van der Waals surface area contributed by atoms with Gasteiger partial charge in [0.1, 0.15) is 5.75 Å². The Balaban J connectivity index is 1.62. The Hall–Kier alpha value is -3.19. The first-order valence-corrected chi connectivity index (χ1v) is 8.35. The van der Waals surface area contributed by atoms with E-state index in [1.54, 1.807) is 25.7 Å². The summed E-state index contributed by atoms with van der Waals surface area (Å²) < 4.78 is 5.22. The van der Waals surface area contributed by atoms with Gasteiger partial charge < -0.3 is 15.2 Å². The number of nitrogens with zero attached hydrogens (tertiary/aromatic N) is 3. The van der Waals surface area contributed by atoms with Gasteiger partial charge in [-0.05, 0) is 30.3 Å². The Bertz CT molecular complexity index is 980. The van der Waals surface area contributed by atoms with Gasteiger partial charge in [0.05, 0.1) is 29.6 Å². The van der Waals surface area contributed by atoms with E-state index in [1.807, 2.05) is 36.4 Å². The minimum absolute atomic E-state index is 0.0146. The Morgan fingerprint density at radius 2 is 2.20 bits per heavy atom. The van der Waals surface area contributed by atoms with Crippen LogP contribution in [-0.4, -0.2) is 28.4 Å². The molecular weight excluding hydrogens is 336 g/mol. The zero-order chi connectivity index (χ0) is 17.2. The number of allylic oxidation sites excluding steroid dienone is 1. The van der Waals surface area contributed by atoms with Crippen LogP contribution >= 0.6 is 11.3 Å². The van der Waals surface area contributed by atoms with Gasteiger partial charge in [-0.3, -0.25) is 9.98 Å². The highest BCUT2D eigenvalue weighted by Gasteiger charge is 2.15. The topological polar surface area (TPSA) is 79.6 Å². The van der Waals surface area contributed by atoms with Crippen molar-refractivity contribution >= 4 is 45.7 Å². The molecule has 25 heavy (non-hydrogen) atoms. The summed E-state index contributed by atoms with van der Waals surface area (Å²) in [6, 6.07) is 9.45. The van der Waals surface area contributed by atoms with Crippen molar-refractivity contribution in [3.05, 3.63) is 53.2 Å². The summed E-state index contributed by atoms with van der Waals surface area (Å²) in [4.78, 5) is 13.3. The van der Waals surface area contributed by atoms with Gasteiger partial charge in [0.15, 0.2) is 5.13 Å². The average Bonchev–Trinajstić information content (AvgIpc) is 3.19. The molecule has 1 aromatic carbocycles. The molecule has 0 atom stereocenters. The fourth-order valence-corrected chi connectivity index (χ4v) is 3.32. The average molecular weight is 350 g/mol. The maximum atomic E-state index is 10.1. The molecule has 2 N–H and O–H groups in total. The molecule has 7 heteroatoms. The molecule has 0 radical (unpaired) electrons. The summed E-state index contributed by atoms with van der Waals surface area (Å²) in [7, 11) is 1.63. The summed E-state index contributed by atoms with van der Waals surface area (Å²) in [5.74, 6) is 0.750. The maximum Gasteiger partial charge on any atom is 0.231 e. The van der Waals surface area contributed by atoms with Crippen LogP contribution in [0.3, 0.4) is 0 Å². The number of benzene rings is 1. The molecule has 2 aromatic heterocycles. The Morgan fingerprint density at radius 3 is 3.00 bits per heavy atom. The van der Waals surface area contributed by atoms with E-state index in [1.165, 1.54) is 11.3 Å². The molecule has 6 nitrogen and oxygen atoms in total. The summed E-state index contributed by atoms with van der Waals surface area (Å²) in [5, 5.41) is 13.9. The van der Waals surface area contributed by atoms with Gasteiger partial charge in [-0.1, -0.05) is 11.3 Å². The lowest BCUT2D eigenvalue weighted by molar-refractivity contribution is 0.415. The van der Waals surface area contributed by atoms with E-state index in [0.717, 1.165) is 28.3 Å². The molecule has 124 valence electrons. The van der Waals surface area contributed by atoms with Crippen LogP contribution < -0.4 is 10.1 Å². The van der Waals surface area contributed by atoms with Gasteiger partial charge in [-0.15, -0.1) is 0 Å². The molecule has 0 unspecified atom stereocenters. The van der Waals surface area contributed by atoms with E-state index in [2.05, 4.69) is 20.3 Å². The zero-order valence-corrected chi connectivity index (χ0v) is 14.1. The SMILES string of the molecule is COc1ccc2c(c1)N=C/C2=C\c1sc(Nc2cccnc2)nc1O. The smallest absolute Gasteiger partial charge is 0.231 e. The minimum atomic E-state index is -0.0146. The normalized spacial score (nSPS) is 13.9. The lowest BCUT2D eigenvalue weighted by Crippen LogP contribution is -1.88. The Labute approximate surface area is 148 Å². The number of rotatable bonds is 4. The first-order chi connectivity index (χ1) is 12.2. The molecule has 0 fully saturated rings. The summed E-state index contributed by atoms with van der Waals surface area (Å²) in [6.45, 7) is 0. The number of hydrogen-bond donors (Lipinski definition) is 2. The number of pyridine rings is 1. The molecule has 0 saturated carbocycles. The highest BCUT2D eigenvalue weighted by Crippen LogP contribution is 2.38. The number of thiazole rings is 1. The van der Waals surface area contributed by atoms with Crippen molar-refractivity contribution in [1.29, 1.82) is 0 Å². The van der Waals surface area contributed by atoms with Crippen LogP contribution in [0.25, 0.3) is 11.6 Å². The van der Waals surface area contributed by atoms with E-state index < -0.39 is 0 Å². The predicted octanol–water partition coefficient (Wildman–Crippen LogP) is 4.25. The zero-order valence-electron chi connectivity index (χ0n) is 13.3. The number of methoxy groups -OCH3 is 1. The molecule has 0 aliphatic carbocycles. The van der Waals surface area contributed by atoms with Crippen molar-refractivity contribution < 1.29 is 9.84 Å². The third-order valence-electron chi connectivity index (χ3n) is 3.69. The van der Waals surface area contributed by atoms with E-state index in [4.69, 9.17) is 4.74 Å². The second kappa shape index (κ2) is 6.37. The van der Waals surface area contributed by atoms with Crippen LogP contribution in [-0.2, 0) is 0 Å². The molecule has 1 aliphatic rings. The van der Waals surface area contributed by atoms with Gasteiger partial charge in [-0.25, -0.2) is 0 Å². The van der Waals surface area contributed by atoms with Crippen molar-refractivity contribution in [2.45, 2.75) is 0 Å². The first-order valence-electron chi connectivity index (χ1n) is 7.54. The van der Waals surface area contributed by atoms with Crippen LogP contribution in [0.2, 0.25) is 0 Å². The molecule has 0 saturated heterocycles. The Morgan fingerprint density at radius 1 is 1.28 bits per heavy atom. The number of aromatic nitrogens is 2. The predicted molar refractivity (Wildman–Crippen MR) is 100 cm³/mol. The number of nitrogens with one attached hydrogen (secondary N) is 1. The van der Waals surface area contributed by atoms with Crippen LogP contribution in [0.5, 0.6) is 11.6 Å². The van der Waals surface area contributed by atoms with Gasteiger partial charge in [0.2, 0.25) is 5.88 Å². The number of aliphatic imine (C=N–C) groups is 1. The number of fused-ring (bicyclic) bond motifs is 1. The molecule has 0 bridgehead atoms. The maximum absolute atomic E-state index is 10.1. The molecule has 4 rings (SSSR count). The van der Waals surface area contributed by atoms with E-state index >= 15 is 0 Å². The summed E-state index contributed by atoms with van der Waals surface area (Å²) in [5.41, 5.74) is 3.58. The standard InChI is InChI=1S/C18H14N4O2S/c1-24-13-4-5-14-11(9-20-15(14)8-13)7-16-17(23)22-18(25-16)21-12-3-2-6-19-10-12/h2-10,23H,1H3,(H,21,22)/b11-7+. The summed E-state index contributed by atoms with van der Waals surface area (Å²) in [6.07, 6.45) is 7.05. The molecular formula is C18H14N4O2S. The van der Waals surface area contributed by atoms with Crippen molar-refractivity contribution in [3.8, 4) is 11.6 Å². The molecule has 0 amide bonds. The van der Waals surface area contributed by atoms with Crippen molar-refractivity contribution in [1.82, 2.24) is 9.97 Å². The van der Waals surface area contributed by atoms with Crippen molar-refractivity contribution in [2.75, 3.05) is 12.4 Å². The molecule has 3 aromatic rings. The lowest BCUT2D eigenvalue weighted by atomic mass is 10.1. The van der Waals surface area contributed by atoms with Crippen molar-refractivity contribution in [3.63, 3.8) is 0 Å². The summed E-state index contributed by atoms with van der Waals surface area (Å²) >= 11 is 1.36. The van der Waals surface area contributed by atoms with Gasteiger partial charge >= 0.3 is 0 Å². The number of aromatic hydroxyl groups is 1. The van der Waals surface area contributed by atoms with E-state index in [-0.39, 0.29) is 5.88 Å². The third kappa shape index (κ3) is 3.09. The number of anilines is 2. The van der Waals surface area contributed by atoms with E-state index in [0.29, 0.717) is 10.0 Å². The fraction of sp³-hybridized carbons (Fsp3) is 0.0556. The van der Waals surface area contributed by atoms with Crippen LogP contribution in [0, 0.1) is 0 Å². The number of ether oxygens (including phenoxy) is 1. The van der Waals surface area contributed by atoms with Crippen LogP contribution in [0.15, 0.2) is 47.7 Å². The lowest BCUT2D eigenvalue weighted by Gasteiger charge is -2.02. The first kappa shape index (κ1) is 15.3. The second-order valence-corrected chi connectivity index (χ2v) is 6.35. The van der Waals surface area contributed by atoms with Crippen LogP contribution in [0.4, 0.5) is 16.5 Å². The minimum Gasteiger partial charge on any atom is -0.497 e. The van der Waals surface area contributed by atoms with Gasteiger partial charge in [0, 0.05) is 29.6 Å². The largest absolute Gasteiger partial charge is 0.497 e. The highest BCUT2D eigenvalue weighted by atomic mass is 32.1. The second-order valence-electron chi connectivity index (χ2n) is 5.31. The van der Waals surface area contributed by atoms with Gasteiger partial charge in [-0.2, -0.15) is 4.98 Å². The number of hydrogen-bond acceptors (Lipinski definition) is 7. The van der Waals surface area contributed by atoms with Crippen LogP contribution in [0.1, 0.15) is 10.4 Å². The fourth-order valence-electron chi connectivity index (χ4n) is 2.49. The van der Waals surface area contributed by atoms with E-state index in [9.17, 15) is 5.11 Å². The monoisotopic (exact) mass is 350 g/mol. The van der Waals surface area contributed by atoms with Crippen molar-refractivity contribution in [2.24, 2.45) is 4.99 Å². The quantitative estimate of drug-likeness (QED) is 0.735. The molecule has 1 aliphatic heterocycles. The highest BCUT2D eigenvalue weighted by molar-refractivity contribution is 7.16. The third-order valence-corrected chi connectivity index (χ3v) is 4.60. The molecule has 3 heterocycles. The Kier molecular flexibility index (Phi) is 3.91.